The van der Waals surface area contributed by atoms with Crippen molar-refractivity contribution in [2.75, 3.05) is 44.2 Å². The molecular weight excluding hydrogens is 355 g/mol. The minimum Gasteiger partial charge on any atom is -0.491 e. The second kappa shape index (κ2) is 8.71. The van der Waals surface area contributed by atoms with Gasteiger partial charge in [-0.15, -0.1) is 0 Å². The van der Waals surface area contributed by atoms with Gasteiger partial charge in [-0.25, -0.2) is 4.39 Å². The molecule has 4 nitrogen and oxygen atoms in total. The molecule has 1 heterocycles. The van der Waals surface area contributed by atoms with Crippen molar-refractivity contribution in [1.82, 2.24) is 0 Å². The summed E-state index contributed by atoms with van der Waals surface area (Å²) in [5.74, 6) is 0.535. The number of ether oxygens (including phenoxy) is 1. The molecule has 1 saturated heterocycles. The fourth-order valence-corrected chi connectivity index (χ4v) is 3.39. The van der Waals surface area contributed by atoms with Crippen LogP contribution in [0.1, 0.15) is 5.56 Å². The van der Waals surface area contributed by atoms with E-state index in [9.17, 15) is 9.50 Å². The highest BCUT2D eigenvalue weighted by molar-refractivity contribution is 6.31. The van der Waals surface area contributed by atoms with E-state index in [4.69, 9.17) is 16.3 Å². The number of halogens is 2. The van der Waals surface area contributed by atoms with Crippen LogP contribution >= 0.6 is 11.6 Å². The van der Waals surface area contributed by atoms with Gasteiger partial charge < -0.3 is 19.6 Å². The number of aliphatic hydroxyl groups excluding tert-OH is 1. The van der Waals surface area contributed by atoms with Crippen molar-refractivity contribution in [2.24, 2.45) is 0 Å². The number of aryl methyl sites for hydroxylation is 1. The van der Waals surface area contributed by atoms with E-state index in [-0.39, 0.29) is 12.4 Å². The number of hydrogen-bond donors (Lipinski definition) is 2. The molecule has 1 aliphatic heterocycles. The molecule has 1 atom stereocenters. The van der Waals surface area contributed by atoms with Gasteiger partial charge in [0.25, 0.3) is 0 Å². The molecule has 26 heavy (non-hydrogen) atoms. The zero-order valence-corrected chi connectivity index (χ0v) is 15.7. The maximum atomic E-state index is 13.9. The Morgan fingerprint density at radius 2 is 1.96 bits per heavy atom. The minimum absolute atomic E-state index is 0.178. The first kappa shape index (κ1) is 19.0. The van der Waals surface area contributed by atoms with E-state index in [0.717, 1.165) is 31.7 Å². The zero-order valence-electron chi connectivity index (χ0n) is 14.9. The summed E-state index contributed by atoms with van der Waals surface area (Å²) in [4.78, 5) is 3.37. The summed E-state index contributed by atoms with van der Waals surface area (Å²) in [5, 5.41) is 11.0. The molecule has 1 fully saturated rings. The Morgan fingerprint density at radius 1 is 1.23 bits per heavy atom. The Bertz CT molecular complexity index is 736. The molecule has 0 radical (unpaired) electrons. The van der Waals surface area contributed by atoms with Crippen LogP contribution in [0.15, 0.2) is 42.5 Å². The van der Waals surface area contributed by atoms with Crippen molar-refractivity contribution in [3.8, 4) is 5.75 Å². The molecule has 0 aromatic heterocycles. The lowest BCUT2D eigenvalue weighted by Crippen LogP contribution is -3.16. The molecule has 0 spiro atoms. The van der Waals surface area contributed by atoms with Crippen LogP contribution in [0.2, 0.25) is 5.02 Å². The fourth-order valence-electron chi connectivity index (χ4n) is 3.27. The predicted octanol–water partition coefficient (Wildman–Crippen LogP) is 1.93. The number of rotatable bonds is 6. The summed E-state index contributed by atoms with van der Waals surface area (Å²) in [6.45, 7) is 6.08. The van der Waals surface area contributed by atoms with E-state index in [2.05, 4.69) is 4.90 Å². The first-order valence-corrected chi connectivity index (χ1v) is 9.31. The highest BCUT2D eigenvalue weighted by atomic mass is 35.5. The third kappa shape index (κ3) is 4.87. The van der Waals surface area contributed by atoms with E-state index >= 15 is 0 Å². The van der Waals surface area contributed by atoms with Crippen LogP contribution < -0.4 is 14.5 Å². The van der Waals surface area contributed by atoms with Crippen LogP contribution in [0.25, 0.3) is 0 Å². The van der Waals surface area contributed by atoms with Crippen LogP contribution in [0, 0.1) is 12.7 Å². The molecule has 1 aliphatic rings. The van der Waals surface area contributed by atoms with Crippen molar-refractivity contribution < 1.29 is 19.1 Å². The molecule has 0 bridgehead atoms. The van der Waals surface area contributed by atoms with Gasteiger partial charge in [0.15, 0.2) is 0 Å². The van der Waals surface area contributed by atoms with E-state index in [1.165, 1.54) is 11.0 Å². The highest BCUT2D eigenvalue weighted by Gasteiger charge is 2.24. The number of quaternary nitrogens is 1. The number of benzene rings is 2. The molecule has 0 amide bonds. The van der Waals surface area contributed by atoms with E-state index in [1.807, 2.05) is 31.2 Å². The second-order valence-electron chi connectivity index (χ2n) is 6.77. The van der Waals surface area contributed by atoms with Gasteiger partial charge in [0, 0.05) is 5.02 Å². The number of nitrogens with one attached hydrogen (secondary N) is 1. The molecular formula is C20H25ClFN2O2+. The van der Waals surface area contributed by atoms with Gasteiger partial charge in [-0.3, -0.25) is 0 Å². The van der Waals surface area contributed by atoms with Crippen molar-refractivity contribution in [3.63, 3.8) is 0 Å². The lowest BCUT2D eigenvalue weighted by molar-refractivity contribution is -0.903. The van der Waals surface area contributed by atoms with Crippen molar-refractivity contribution in [3.05, 3.63) is 58.9 Å². The maximum Gasteiger partial charge on any atom is 0.146 e. The molecule has 0 saturated carbocycles. The summed E-state index contributed by atoms with van der Waals surface area (Å²) >= 11 is 6.00. The SMILES string of the molecule is Cc1cc(OC[C@@H](O)C[NH+]2CCN(c3ccccc3F)CC2)ccc1Cl. The molecule has 3 rings (SSSR count). The predicted molar refractivity (Wildman–Crippen MR) is 102 cm³/mol. The van der Waals surface area contributed by atoms with Gasteiger partial charge in [0.2, 0.25) is 0 Å². The normalized spacial score (nSPS) is 16.5. The third-order valence-electron chi connectivity index (χ3n) is 4.76. The Hall–Kier alpha value is -1.82. The smallest absolute Gasteiger partial charge is 0.146 e. The first-order chi connectivity index (χ1) is 12.5. The fraction of sp³-hybridized carbons (Fsp3) is 0.400. The third-order valence-corrected chi connectivity index (χ3v) is 5.18. The summed E-state index contributed by atoms with van der Waals surface area (Å²) in [6, 6.07) is 12.4. The quantitative estimate of drug-likeness (QED) is 0.805. The average molecular weight is 380 g/mol. The Balaban J connectivity index is 1.44. The maximum absolute atomic E-state index is 13.9. The molecule has 140 valence electrons. The number of aliphatic hydroxyl groups is 1. The number of piperazine rings is 1. The van der Waals surface area contributed by atoms with Crippen LogP contribution in [0.5, 0.6) is 5.75 Å². The first-order valence-electron chi connectivity index (χ1n) is 8.93. The number of anilines is 1. The summed E-state index contributed by atoms with van der Waals surface area (Å²) in [5.41, 5.74) is 1.61. The van der Waals surface area contributed by atoms with Crippen LogP contribution in [-0.4, -0.2) is 50.5 Å². The Morgan fingerprint density at radius 3 is 2.65 bits per heavy atom. The molecule has 6 heteroatoms. The second-order valence-corrected chi connectivity index (χ2v) is 7.18. The van der Waals surface area contributed by atoms with Gasteiger partial charge in [-0.05, 0) is 42.8 Å². The number of hydrogen-bond acceptors (Lipinski definition) is 3. The Kier molecular flexibility index (Phi) is 6.35. The van der Waals surface area contributed by atoms with Crippen LogP contribution in [-0.2, 0) is 0 Å². The molecule has 0 aliphatic carbocycles. The monoisotopic (exact) mass is 379 g/mol. The van der Waals surface area contributed by atoms with Gasteiger partial charge in [-0.2, -0.15) is 0 Å². The van der Waals surface area contributed by atoms with Gasteiger partial charge in [-0.1, -0.05) is 23.7 Å². The average Bonchev–Trinajstić information content (AvgIpc) is 2.64. The largest absolute Gasteiger partial charge is 0.491 e. The molecule has 2 aromatic rings. The summed E-state index contributed by atoms with van der Waals surface area (Å²) in [6.07, 6.45) is -0.541. The summed E-state index contributed by atoms with van der Waals surface area (Å²) < 4.78 is 19.6. The standard InChI is InChI=1S/C20H24ClFN2O2/c1-15-12-17(6-7-18(15)21)26-14-16(25)13-23-8-10-24(11-9-23)20-5-3-2-4-19(20)22/h2-7,12,16,25H,8-11,13-14H2,1H3/p+1/t16-/m0/s1. The van der Waals surface area contributed by atoms with Crippen LogP contribution in [0.3, 0.4) is 0 Å². The van der Waals surface area contributed by atoms with Crippen LogP contribution in [0.4, 0.5) is 10.1 Å². The summed E-state index contributed by atoms with van der Waals surface area (Å²) in [7, 11) is 0. The topological polar surface area (TPSA) is 37.1 Å². The minimum atomic E-state index is -0.541. The Labute approximate surface area is 158 Å². The zero-order chi connectivity index (χ0) is 18.5. The number of para-hydroxylation sites is 1. The van der Waals surface area contributed by atoms with E-state index < -0.39 is 6.10 Å². The molecule has 2 N–H and O–H groups in total. The van der Waals surface area contributed by atoms with Gasteiger partial charge in [0.1, 0.15) is 30.8 Å². The van der Waals surface area contributed by atoms with Crippen molar-refractivity contribution in [2.45, 2.75) is 13.0 Å². The van der Waals surface area contributed by atoms with Crippen molar-refractivity contribution >= 4 is 17.3 Å². The number of nitrogens with zero attached hydrogens (tertiary/aromatic N) is 1. The lowest BCUT2D eigenvalue weighted by atomic mass is 10.2. The molecule has 0 unspecified atom stereocenters. The van der Waals surface area contributed by atoms with Gasteiger partial charge >= 0.3 is 0 Å². The van der Waals surface area contributed by atoms with Gasteiger partial charge in [0.05, 0.1) is 31.9 Å². The highest BCUT2D eigenvalue weighted by Crippen LogP contribution is 2.21. The van der Waals surface area contributed by atoms with Crippen molar-refractivity contribution in [1.29, 1.82) is 0 Å². The van der Waals surface area contributed by atoms with E-state index in [1.54, 1.807) is 12.1 Å². The molecule has 2 aromatic carbocycles. The lowest BCUT2D eigenvalue weighted by Gasteiger charge is -2.34. The van der Waals surface area contributed by atoms with E-state index in [0.29, 0.717) is 23.0 Å².